The second-order valence-electron chi connectivity index (χ2n) is 6.81. The van der Waals surface area contributed by atoms with E-state index in [0.29, 0.717) is 28.7 Å². The van der Waals surface area contributed by atoms with Gasteiger partial charge in [-0.05, 0) is 18.6 Å². The monoisotopic (exact) mass is 431 g/mol. The number of hydrogen-bond acceptors (Lipinski definition) is 6. The molecule has 0 aliphatic carbocycles. The van der Waals surface area contributed by atoms with Crippen LogP contribution in [0.25, 0.3) is 22.0 Å². The van der Waals surface area contributed by atoms with Crippen molar-refractivity contribution < 1.29 is 9.53 Å². The number of pyridine rings is 1. The van der Waals surface area contributed by atoms with Gasteiger partial charge in [0.2, 0.25) is 0 Å². The van der Waals surface area contributed by atoms with Crippen LogP contribution in [0.15, 0.2) is 76.8 Å². The van der Waals surface area contributed by atoms with Crippen molar-refractivity contribution >= 4 is 28.6 Å². The number of nitrogens with zero attached hydrogens (tertiary/aromatic N) is 3. The summed E-state index contributed by atoms with van der Waals surface area (Å²) in [5.41, 5.74) is 3.23. The molecular formula is C24H21N3O3S. The molecule has 0 unspecified atom stereocenters. The van der Waals surface area contributed by atoms with Crippen LogP contribution >= 0.6 is 11.8 Å². The van der Waals surface area contributed by atoms with E-state index in [-0.39, 0.29) is 5.56 Å². The number of methoxy groups -OCH3 is 1. The molecule has 0 saturated carbocycles. The molecule has 0 saturated heterocycles. The molecule has 2 heterocycles. The maximum absolute atomic E-state index is 12.9. The van der Waals surface area contributed by atoms with Gasteiger partial charge in [-0.3, -0.25) is 9.78 Å². The van der Waals surface area contributed by atoms with Gasteiger partial charge in [-0.1, -0.05) is 60.3 Å². The Balaban J connectivity index is 1.90. The number of aromatic nitrogens is 3. The number of thioether (sulfide) groups is 1. The van der Waals surface area contributed by atoms with E-state index in [0.717, 1.165) is 22.0 Å². The van der Waals surface area contributed by atoms with Gasteiger partial charge in [0.1, 0.15) is 0 Å². The van der Waals surface area contributed by atoms with Crippen molar-refractivity contribution in [2.45, 2.75) is 24.4 Å². The molecule has 2 aromatic heterocycles. The van der Waals surface area contributed by atoms with Crippen molar-refractivity contribution in [1.29, 1.82) is 0 Å². The predicted molar refractivity (Wildman–Crippen MR) is 122 cm³/mol. The number of carbonyl (C=O) groups is 1. The highest BCUT2D eigenvalue weighted by Crippen LogP contribution is 2.35. The lowest BCUT2D eigenvalue weighted by Gasteiger charge is -2.16. The number of ether oxygens (including phenoxy) is 1. The van der Waals surface area contributed by atoms with Gasteiger partial charge in [-0.2, -0.15) is 4.98 Å². The molecule has 7 heteroatoms. The number of para-hydroxylation sites is 1. The molecule has 0 N–H and O–H groups in total. The van der Waals surface area contributed by atoms with E-state index >= 15 is 0 Å². The van der Waals surface area contributed by atoms with Gasteiger partial charge < -0.3 is 9.30 Å². The van der Waals surface area contributed by atoms with E-state index < -0.39 is 5.97 Å². The lowest BCUT2D eigenvalue weighted by Crippen LogP contribution is -2.13. The number of aryl methyl sites for hydroxylation is 1. The second-order valence-corrected chi connectivity index (χ2v) is 7.75. The summed E-state index contributed by atoms with van der Waals surface area (Å²) in [5.74, 6) is -0.0763. The first-order valence-corrected chi connectivity index (χ1v) is 10.9. The Hall–Kier alpha value is -3.45. The molecular weight excluding hydrogens is 410 g/mol. The van der Waals surface area contributed by atoms with Crippen molar-refractivity contribution in [3.63, 3.8) is 0 Å². The van der Waals surface area contributed by atoms with Crippen LogP contribution in [-0.2, 0) is 17.0 Å². The first-order valence-electron chi connectivity index (χ1n) is 9.88. The summed E-state index contributed by atoms with van der Waals surface area (Å²) in [4.78, 5) is 33.6. The Morgan fingerprint density at radius 2 is 1.77 bits per heavy atom. The van der Waals surface area contributed by atoms with Crippen molar-refractivity contribution in [3.05, 3.63) is 88.5 Å². The van der Waals surface area contributed by atoms with Gasteiger partial charge in [0.25, 0.3) is 5.56 Å². The molecule has 0 amide bonds. The fourth-order valence-electron chi connectivity index (χ4n) is 3.50. The van der Waals surface area contributed by atoms with Gasteiger partial charge in [0, 0.05) is 35.5 Å². The van der Waals surface area contributed by atoms with Crippen LogP contribution < -0.4 is 5.56 Å². The third-order valence-corrected chi connectivity index (χ3v) is 5.95. The molecule has 0 atom stereocenters. The molecule has 2 aromatic carbocycles. The molecule has 156 valence electrons. The number of carbonyl (C=O) groups excluding carboxylic acids is 1. The minimum Gasteiger partial charge on any atom is -0.465 e. The molecule has 0 aliphatic rings. The molecule has 4 rings (SSSR count). The summed E-state index contributed by atoms with van der Waals surface area (Å²) in [6, 6.07) is 18.9. The van der Waals surface area contributed by atoms with Crippen LogP contribution in [-0.4, -0.2) is 27.6 Å². The van der Waals surface area contributed by atoms with Crippen molar-refractivity contribution in [1.82, 2.24) is 14.5 Å². The number of benzene rings is 2. The predicted octanol–water partition coefficient (Wildman–Crippen LogP) is 4.56. The fraction of sp³-hybridized carbons (Fsp3) is 0.167. The highest BCUT2D eigenvalue weighted by molar-refractivity contribution is 7.98. The smallest absolute Gasteiger partial charge is 0.340 e. The molecule has 0 radical (unpaired) electrons. The van der Waals surface area contributed by atoms with E-state index in [1.807, 2.05) is 66.1 Å². The topological polar surface area (TPSA) is 74.1 Å². The molecule has 31 heavy (non-hydrogen) atoms. The van der Waals surface area contributed by atoms with Crippen LogP contribution in [0.1, 0.15) is 23.0 Å². The normalized spacial score (nSPS) is 10.9. The van der Waals surface area contributed by atoms with Crippen LogP contribution in [0, 0.1) is 0 Å². The maximum Gasteiger partial charge on any atom is 0.340 e. The zero-order valence-electron chi connectivity index (χ0n) is 17.2. The average molecular weight is 432 g/mol. The Kier molecular flexibility index (Phi) is 6.13. The van der Waals surface area contributed by atoms with Crippen LogP contribution in [0.4, 0.5) is 0 Å². The Morgan fingerprint density at radius 1 is 1.03 bits per heavy atom. The quantitative estimate of drug-likeness (QED) is 0.253. The van der Waals surface area contributed by atoms with E-state index in [9.17, 15) is 9.59 Å². The van der Waals surface area contributed by atoms with Gasteiger partial charge in [-0.25, -0.2) is 4.79 Å². The highest BCUT2D eigenvalue weighted by atomic mass is 32.2. The Labute approximate surface area is 183 Å². The van der Waals surface area contributed by atoms with Crippen molar-refractivity contribution in [2.24, 2.45) is 0 Å². The summed E-state index contributed by atoms with van der Waals surface area (Å²) in [5, 5.41) is 1.47. The number of rotatable bonds is 6. The Morgan fingerprint density at radius 3 is 2.52 bits per heavy atom. The largest absolute Gasteiger partial charge is 0.465 e. The minimum atomic E-state index is -0.443. The summed E-state index contributed by atoms with van der Waals surface area (Å²) in [6.45, 7) is 2.66. The van der Waals surface area contributed by atoms with Crippen LogP contribution in [0.2, 0.25) is 0 Å². The van der Waals surface area contributed by atoms with Gasteiger partial charge >= 0.3 is 5.97 Å². The van der Waals surface area contributed by atoms with Gasteiger partial charge in [0.15, 0.2) is 5.16 Å². The second kappa shape index (κ2) is 9.14. The summed E-state index contributed by atoms with van der Waals surface area (Å²) < 4.78 is 7.04. The van der Waals surface area contributed by atoms with E-state index in [1.54, 1.807) is 6.20 Å². The van der Waals surface area contributed by atoms with Gasteiger partial charge in [0.05, 0.1) is 23.9 Å². The molecule has 6 nitrogen and oxygen atoms in total. The van der Waals surface area contributed by atoms with Gasteiger partial charge in [-0.15, -0.1) is 0 Å². The van der Waals surface area contributed by atoms with Crippen molar-refractivity contribution in [2.75, 3.05) is 7.11 Å². The first-order chi connectivity index (χ1) is 15.1. The summed E-state index contributed by atoms with van der Waals surface area (Å²) >= 11 is 1.37. The first kappa shape index (κ1) is 20.8. The summed E-state index contributed by atoms with van der Waals surface area (Å²) in [6.07, 6.45) is 1.72. The summed E-state index contributed by atoms with van der Waals surface area (Å²) in [7, 11) is 1.37. The highest BCUT2D eigenvalue weighted by Gasteiger charge is 2.23. The minimum absolute atomic E-state index is 0.295. The third-order valence-electron chi connectivity index (χ3n) is 4.95. The SMILES string of the molecule is CCn1ccc(=O)nc1SCc1nc2ccccc2c(-c2ccccc2)c1C(=O)OC. The Bertz CT molecular complexity index is 1300. The van der Waals surface area contributed by atoms with Crippen LogP contribution in [0.5, 0.6) is 0 Å². The lowest BCUT2D eigenvalue weighted by molar-refractivity contribution is 0.0600. The van der Waals surface area contributed by atoms with E-state index in [4.69, 9.17) is 9.72 Å². The molecule has 0 fully saturated rings. The average Bonchev–Trinajstić information content (AvgIpc) is 2.81. The number of hydrogen-bond donors (Lipinski definition) is 0. The lowest BCUT2D eigenvalue weighted by atomic mass is 9.94. The molecule has 0 bridgehead atoms. The number of esters is 1. The maximum atomic E-state index is 12.9. The van der Waals surface area contributed by atoms with E-state index in [2.05, 4.69) is 4.98 Å². The zero-order chi connectivity index (χ0) is 21.8. The zero-order valence-corrected chi connectivity index (χ0v) is 18.1. The molecule has 4 aromatic rings. The molecule has 0 aliphatic heterocycles. The van der Waals surface area contributed by atoms with Crippen LogP contribution in [0.3, 0.4) is 0 Å². The number of fused-ring (bicyclic) bond motifs is 1. The standard InChI is InChI=1S/C24H21N3O3S/c1-3-27-14-13-20(28)26-24(27)31-15-19-22(23(29)30-2)21(16-9-5-4-6-10-16)17-11-7-8-12-18(17)25-19/h4-14H,3,15H2,1-2H3. The van der Waals surface area contributed by atoms with E-state index in [1.165, 1.54) is 24.9 Å². The fourth-order valence-corrected chi connectivity index (χ4v) is 4.48. The van der Waals surface area contributed by atoms with Crippen molar-refractivity contribution in [3.8, 4) is 11.1 Å². The molecule has 0 spiro atoms. The third kappa shape index (κ3) is 4.22.